The van der Waals surface area contributed by atoms with Gasteiger partial charge in [-0.3, -0.25) is 14.3 Å². The fourth-order valence-corrected chi connectivity index (χ4v) is 9.22. The van der Waals surface area contributed by atoms with Crippen LogP contribution in [0.5, 0.6) is 0 Å². The molecule has 2 aliphatic heterocycles. The molecule has 0 radical (unpaired) electrons. The van der Waals surface area contributed by atoms with E-state index in [0.717, 1.165) is 5.56 Å². The number of nitrogens with zero attached hydrogens (tertiary/aromatic N) is 4. The number of aromatic nitrogens is 3. The molecule has 0 unspecified atom stereocenters. The van der Waals surface area contributed by atoms with Crippen LogP contribution in [0, 0.1) is 5.92 Å². The highest BCUT2D eigenvalue weighted by Crippen LogP contribution is 2.60. The molecule has 1 aromatic heterocycles. The number of amides is 2. The Kier molecular flexibility index (Phi) is 8.79. The Morgan fingerprint density at radius 2 is 1.98 bits per heavy atom. The van der Waals surface area contributed by atoms with E-state index in [1.54, 1.807) is 71.3 Å². The summed E-state index contributed by atoms with van der Waals surface area (Å²) in [6.45, 7) is 7.23. The lowest BCUT2D eigenvalue weighted by atomic mass is 9.82. The number of aliphatic hydroxyl groups is 2. The number of fused-ring (bicyclic) bond motifs is 2. The van der Waals surface area contributed by atoms with Crippen LogP contribution in [0.4, 0.5) is 15.5 Å². The Balaban J connectivity index is 1.44. The summed E-state index contributed by atoms with van der Waals surface area (Å²) in [7, 11) is -3.34. The molecule has 3 heterocycles. The van der Waals surface area contributed by atoms with Gasteiger partial charge in [0, 0.05) is 53.5 Å². The first-order chi connectivity index (χ1) is 20.3. The Labute approximate surface area is 256 Å². The molecule has 13 heteroatoms. The smallest absolute Gasteiger partial charge is 0.264 e. The normalized spacial score (nSPS) is 24.0. The van der Waals surface area contributed by atoms with Gasteiger partial charge in [-0.15, -0.1) is 5.10 Å². The zero-order valence-electron chi connectivity index (χ0n) is 24.6. The predicted molar refractivity (Wildman–Crippen MR) is 163 cm³/mol. The second-order valence-corrected chi connectivity index (χ2v) is 16.2. The van der Waals surface area contributed by atoms with Crippen LogP contribution in [0.15, 0.2) is 48.7 Å². The molecule has 230 valence electrons. The van der Waals surface area contributed by atoms with Crippen LogP contribution in [0.2, 0.25) is 23.7 Å². The van der Waals surface area contributed by atoms with Gasteiger partial charge in [0.2, 0.25) is 8.41 Å². The van der Waals surface area contributed by atoms with Crippen LogP contribution in [0.3, 0.4) is 0 Å². The van der Waals surface area contributed by atoms with Gasteiger partial charge in [0.25, 0.3) is 11.8 Å². The van der Waals surface area contributed by atoms with E-state index in [-0.39, 0.29) is 19.1 Å². The molecule has 2 aromatic carbocycles. The number of ether oxygens (including phenoxy) is 1. The molecule has 3 N–H and O–H groups in total. The van der Waals surface area contributed by atoms with Crippen molar-refractivity contribution in [3.05, 3.63) is 70.5 Å². The summed E-state index contributed by atoms with van der Waals surface area (Å²) in [5, 5.41) is 30.0. The molecular formula is C30H37ClFN5O5Si. The lowest BCUT2D eigenvalue weighted by Gasteiger charge is -2.31. The molecule has 43 heavy (non-hydrogen) atoms. The number of halogens is 2. The van der Waals surface area contributed by atoms with Crippen molar-refractivity contribution in [1.82, 2.24) is 15.0 Å². The topological polar surface area (TPSA) is 130 Å². The zero-order chi connectivity index (χ0) is 31.1. The maximum atomic E-state index is 16.1. The molecule has 1 spiro atoms. The lowest BCUT2D eigenvalue weighted by molar-refractivity contribution is -0.146. The fraction of sp³-hybridized carbons (Fsp3) is 0.467. The standard InChI is InChI=1S/C30H37ClFN5O5Si/c1-18-27(43(3,4)32)26(11-13-36-17-23(12-14-38)34-35-36)42-30(18)24-15-21(31)7-10-25(24)37(29(30)41)16-20-5-8-22(9-6-20)33-28(40)19(2)39/h5-10,15,17-19,26-27,38-39H,11-14,16H2,1-4H3,(H,33,40)/t18-,19-,26+,27-,30+/m0/s1. The zero-order valence-corrected chi connectivity index (χ0v) is 26.4. The van der Waals surface area contributed by atoms with Gasteiger partial charge < -0.3 is 29.3 Å². The monoisotopic (exact) mass is 629 g/mol. The Hall–Kier alpha value is -3.16. The van der Waals surface area contributed by atoms with Crippen LogP contribution < -0.4 is 10.2 Å². The molecule has 5 atom stereocenters. The van der Waals surface area contributed by atoms with E-state index in [2.05, 4.69) is 15.6 Å². The van der Waals surface area contributed by atoms with Gasteiger partial charge >= 0.3 is 0 Å². The quantitative estimate of drug-likeness (QED) is 0.226. The van der Waals surface area contributed by atoms with E-state index >= 15 is 4.11 Å². The molecule has 5 rings (SSSR count). The maximum absolute atomic E-state index is 16.1. The summed E-state index contributed by atoms with van der Waals surface area (Å²) < 4.78 is 24.5. The van der Waals surface area contributed by atoms with Gasteiger partial charge in [-0.25, -0.2) is 0 Å². The Morgan fingerprint density at radius 3 is 2.63 bits per heavy atom. The Bertz CT molecular complexity index is 1500. The number of rotatable bonds is 10. The number of aliphatic hydroxyl groups excluding tert-OH is 2. The van der Waals surface area contributed by atoms with Crippen molar-refractivity contribution < 1.29 is 28.6 Å². The van der Waals surface area contributed by atoms with Crippen molar-refractivity contribution in [2.45, 2.75) is 76.2 Å². The summed E-state index contributed by atoms with van der Waals surface area (Å²) >= 11 is 6.46. The largest absolute Gasteiger partial charge is 0.396 e. The fourth-order valence-electron chi connectivity index (χ4n) is 6.51. The van der Waals surface area contributed by atoms with Gasteiger partial charge in [0.1, 0.15) is 6.10 Å². The van der Waals surface area contributed by atoms with Gasteiger partial charge in [-0.1, -0.05) is 35.9 Å². The van der Waals surface area contributed by atoms with Crippen molar-refractivity contribution in [3.8, 4) is 0 Å². The van der Waals surface area contributed by atoms with Crippen LogP contribution in [-0.4, -0.2) is 64.2 Å². The third-order valence-corrected chi connectivity index (χ3v) is 11.2. The Morgan fingerprint density at radius 1 is 1.26 bits per heavy atom. The average Bonchev–Trinajstić information content (AvgIpc) is 3.58. The minimum atomic E-state index is -3.34. The third-order valence-electron chi connectivity index (χ3n) is 8.46. The molecular weight excluding hydrogens is 593 g/mol. The van der Waals surface area contributed by atoms with Crippen molar-refractivity contribution >= 4 is 43.2 Å². The highest BCUT2D eigenvalue weighted by atomic mass is 35.5. The minimum Gasteiger partial charge on any atom is -0.396 e. The summed E-state index contributed by atoms with van der Waals surface area (Å²) in [4.78, 5) is 28.0. The first kappa shape index (κ1) is 31.3. The molecule has 0 aliphatic carbocycles. The molecule has 1 saturated heterocycles. The van der Waals surface area contributed by atoms with Crippen LogP contribution in [-0.2, 0) is 39.4 Å². The highest BCUT2D eigenvalue weighted by Gasteiger charge is 2.66. The third kappa shape index (κ3) is 5.98. The summed E-state index contributed by atoms with van der Waals surface area (Å²) in [6.07, 6.45) is 0.908. The van der Waals surface area contributed by atoms with Crippen molar-refractivity contribution in [1.29, 1.82) is 0 Å². The van der Waals surface area contributed by atoms with E-state index in [1.165, 1.54) is 6.92 Å². The van der Waals surface area contributed by atoms with Crippen LogP contribution in [0.25, 0.3) is 0 Å². The first-order valence-electron chi connectivity index (χ1n) is 14.4. The molecule has 0 saturated carbocycles. The van der Waals surface area contributed by atoms with Crippen molar-refractivity contribution in [2.75, 3.05) is 16.8 Å². The first-order valence-corrected chi connectivity index (χ1v) is 17.7. The number of anilines is 2. The van der Waals surface area contributed by atoms with E-state index in [0.29, 0.717) is 47.0 Å². The van der Waals surface area contributed by atoms with Gasteiger partial charge in [-0.05, 0) is 62.3 Å². The number of nitrogens with one attached hydrogen (secondary N) is 1. The van der Waals surface area contributed by atoms with E-state index in [4.69, 9.17) is 16.3 Å². The van der Waals surface area contributed by atoms with Crippen molar-refractivity contribution in [3.63, 3.8) is 0 Å². The van der Waals surface area contributed by atoms with E-state index in [9.17, 15) is 19.8 Å². The number of benzene rings is 2. The number of aryl methyl sites for hydroxylation is 1. The number of hydrogen-bond donors (Lipinski definition) is 3. The number of carbonyl (C=O) groups is 2. The minimum absolute atomic E-state index is 0.0293. The number of hydrogen-bond acceptors (Lipinski definition) is 7. The van der Waals surface area contributed by atoms with Crippen LogP contribution in [0.1, 0.15) is 37.1 Å². The molecule has 2 aliphatic rings. The molecule has 3 aromatic rings. The van der Waals surface area contributed by atoms with Gasteiger partial charge in [0.15, 0.2) is 5.60 Å². The molecule has 2 amide bonds. The molecule has 10 nitrogen and oxygen atoms in total. The molecule has 1 fully saturated rings. The molecule has 0 bridgehead atoms. The average molecular weight is 630 g/mol. The van der Waals surface area contributed by atoms with E-state index in [1.807, 2.05) is 6.92 Å². The van der Waals surface area contributed by atoms with Crippen molar-refractivity contribution in [2.24, 2.45) is 5.92 Å². The highest BCUT2D eigenvalue weighted by molar-refractivity contribution is 6.72. The number of carbonyl (C=O) groups excluding carboxylic acids is 2. The second-order valence-electron chi connectivity index (χ2n) is 11.9. The summed E-state index contributed by atoms with van der Waals surface area (Å²) in [5.74, 6) is -1.24. The SMILES string of the molecule is C[C@H](O)C(=O)Nc1ccc(CN2C(=O)[C@]3(O[C@H](CCn4cc(CCO)nn4)[C@@H]([Si](C)(C)F)[C@@H]3C)c3cc(Cl)ccc32)cc1. The maximum Gasteiger partial charge on any atom is 0.264 e. The lowest BCUT2D eigenvalue weighted by Crippen LogP contribution is -2.45. The second kappa shape index (κ2) is 12.1. The van der Waals surface area contributed by atoms with Gasteiger partial charge in [-0.2, -0.15) is 0 Å². The summed E-state index contributed by atoms with van der Waals surface area (Å²) in [6, 6.07) is 12.3. The van der Waals surface area contributed by atoms with Crippen LogP contribution >= 0.6 is 11.6 Å². The van der Waals surface area contributed by atoms with Gasteiger partial charge in [0.05, 0.1) is 24.0 Å². The predicted octanol–water partition coefficient (Wildman–Crippen LogP) is 4.20. The summed E-state index contributed by atoms with van der Waals surface area (Å²) in [5.41, 5.74) is 1.42. The van der Waals surface area contributed by atoms with E-state index < -0.39 is 43.6 Å².